The summed E-state index contributed by atoms with van der Waals surface area (Å²) in [5.74, 6) is 0.0388. The van der Waals surface area contributed by atoms with E-state index in [9.17, 15) is 4.79 Å². The topological polar surface area (TPSA) is 17.1 Å². The largest absolute Gasteiger partial charge is 0.288 e. The van der Waals surface area contributed by atoms with Gasteiger partial charge in [-0.15, -0.1) is 11.3 Å². The van der Waals surface area contributed by atoms with Crippen LogP contribution in [0.4, 0.5) is 0 Å². The Morgan fingerprint density at radius 2 is 2.13 bits per heavy atom. The molecule has 0 atom stereocenters. The number of benzene rings is 1. The first-order valence-corrected chi connectivity index (χ1v) is 6.55. The Labute approximate surface area is 110 Å². The Bertz CT molecular complexity index is 507. The maximum absolute atomic E-state index is 12.0. The normalized spacial score (nSPS) is 10.3. The lowest BCUT2D eigenvalue weighted by atomic mass is 10.1. The minimum atomic E-state index is 0.0388. The Balaban J connectivity index is 2.41. The van der Waals surface area contributed by atoms with Gasteiger partial charge in [-0.2, -0.15) is 0 Å². The average molecular weight is 349 g/mol. The quantitative estimate of drug-likeness (QED) is 0.586. The fourth-order valence-corrected chi connectivity index (χ4v) is 3.20. The highest BCUT2D eigenvalue weighted by Crippen LogP contribution is 2.23. The monoisotopic (exact) mass is 348 g/mol. The van der Waals surface area contributed by atoms with E-state index in [0.29, 0.717) is 10.6 Å². The van der Waals surface area contributed by atoms with Crippen LogP contribution in [-0.4, -0.2) is 5.78 Å². The van der Waals surface area contributed by atoms with Crippen LogP contribution in [0.1, 0.15) is 15.2 Å². The molecule has 1 nitrogen and oxygen atoms in total. The highest BCUT2D eigenvalue weighted by Gasteiger charge is 2.13. The molecule has 0 aliphatic heterocycles. The molecule has 0 N–H and O–H groups in total. The molecule has 0 saturated carbocycles. The highest BCUT2D eigenvalue weighted by atomic mass is 127. The second kappa shape index (κ2) is 4.63. The summed E-state index contributed by atoms with van der Waals surface area (Å²) in [5.41, 5.74) is 0.642. The van der Waals surface area contributed by atoms with Crippen LogP contribution in [0.5, 0.6) is 0 Å². The Morgan fingerprint density at radius 1 is 1.33 bits per heavy atom. The minimum Gasteiger partial charge on any atom is -0.288 e. The lowest BCUT2D eigenvalue weighted by Gasteiger charge is -1.99. The van der Waals surface area contributed by atoms with Crippen LogP contribution in [0.15, 0.2) is 35.7 Å². The summed E-state index contributed by atoms with van der Waals surface area (Å²) in [6.45, 7) is 0. The third-order valence-electron chi connectivity index (χ3n) is 1.91. The number of halogens is 2. The smallest absolute Gasteiger partial charge is 0.204 e. The van der Waals surface area contributed by atoms with E-state index in [4.69, 9.17) is 11.6 Å². The van der Waals surface area contributed by atoms with Gasteiger partial charge in [-0.05, 0) is 46.2 Å². The van der Waals surface area contributed by atoms with Crippen LogP contribution in [0, 0.1) is 3.57 Å². The van der Waals surface area contributed by atoms with Crippen molar-refractivity contribution in [3.63, 3.8) is 0 Å². The van der Waals surface area contributed by atoms with Crippen LogP contribution < -0.4 is 0 Å². The summed E-state index contributed by atoms with van der Waals surface area (Å²) in [6.07, 6.45) is 0. The fourth-order valence-electron chi connectivity index (χ4n) is 1.22. The molecule has 0 aliphatic carbocycles. The van der Waals surface area contributed by atoms with Crippen molar-refractivity contribution in [2.75, 3.05) is 0 Å². The Morgan fingerprint density at radius 3 is 2.73 bits per heavy atom. The lowest BCUT2D eigenvalue weighted by molar-refractivity contribution is 0.104. The van der Waals surface area contributed by atoms with Crippen molar-refractivity contribution in [1.29, 1.82) is 0 Å². The molecule has 2 rings (SSSR count). The van der Waals surface area contributed by atoms with Crippen LogP contribution in [-0.2, 0) is 0 Å². The molecule has 2 aromatic rings. The second-order valence-electron chi connectivity index (χ2n) is 2.94. The van der Waals surface area contributed by atoms with Gasteiger partial charge in [0.05, 0.1) is 4.88 Å². The SMILES string of the molecule is O=C(c1cccc(Cl)c1)c1sccc1I. The van der Waals surface area contributed by atoms with E-state index in [1.807, 2.05) is 11.4 Å². The Hall–Kier alpha value is -0.390. The van der Waals surface area contributed by atoms with Gasteiger partial charge < -0.3 is 0 Å². The zero-order valence-corrected chi connectivity index (χ0v) is 11.3. The van der Waals surface area contributed by atoms with Gasteiger partial charge >= 0.3 is 0 Å². The van der Waals surface area contributed by atoms with Gasteiger partial charge in [0.1, 0.15) is 0 Å². The molecular formula is C11H6ClIOS. The van der Waals surface area contributed by atoms with Crippen molar-refractivity contribution >= 4 is 51.3 Å². The summed E-state index contributed by atoms with van der Waals surface area (Å²) < 4.78 is 0.988. The Kier molecular flexibility index (Phi) is 3.43. The number of hydrogen-bond donors (Lipinski definition) is 0. The van der Waals surface area contributed by atoms with Gasteiger partial charge in [-0.3, -0.25) is 4.79 Å². The van der Waals surface area contributed by atoms with Crippen molar-refractivity contribution in [2.45, 2.75) is 0 Å². The van der Waals surface area contributed by atoms with Gasteiger partial charge in [0.25, 0.3) is 0 Å². The average Bonchev–Trinajstić information content (AvgIpc) is 2.63. The van der Waals surface area contributed by atoms with E-state index in [1.165, 1.54) is 11.3 Å². The van der Waals surface area contributed by atoms with E-state index in [2.05, 4.69) is 22.6 Å². The minimum absolute atomic E-state index is 0.0388. The molecule has 1 heterocycles. The predicted octanol–water partition coefficient (Wildman–Crippen LogP) is 4.24. The summed E-state index contributed by atoms with van der Waals surface area (Å²) in [7, 11) is 0. The highest BCUT2D eigenvalue weighted by molar-refractivity contribution is 14.1. The van der Waals surface area contributed by atoms with Gasteiger partial charge in [-0.25, -0.2) is 0 Å². The van der Waals surface area contributed by atoms with Crippen molar-refractivity contribution in [3.05, 3.63) is 54.7 Å². The van der Waals surface area contributed by atoms with E-state index in [1.54, 1.807) is 24.3 Å². The van der Waals surface area contributed by atoms with Gasteiger partial charge in [0.15, 0.2) is 0 Å². The van der Waals surface area contributed by atoms with Crippen molar-refractivity contribution in [2.24, 2.45) is 0 Å². The zero-order chi connectivity index (χ0) is 10.8. The number of ketones is 1. The molecule has 1 aromatic heterocycles. The molecule has 0 unspecified atom stereocenters. The van der Waals surface area contributed by atoms with Crippen molar-refractivity contribution < 1.29 is 4.79 Å². The molecule has 0 aliphatic rings. The number of hydrogen-bond acceptors (Lipinski definition) is 2. The summed E-state index contributed by atoms with van der Waals surface area (Å²) in [6, 6.07) is 8.96. The van der Waals surface area contributed by atoms with Crippen LogP contribution in [0.2, 0.25) is 5.02 Å². The number of carbonyl (C=O) groups is 1. The second-order valence-corrected chi connectivity index (χ2v) is 5.45. The van der Waals surface area contributed by atoms with Crippen molar-refractivity contribution in [1.82, 2.24) is 0 Å². The van der Waals surface area contributed by atoms with E-state index >= 15 is 0 Å². The molecule has 0 radical (unpaired) electrons. The molecule has 0 saturated heterocycles. The maximum atomic E-state index is 12.0. The van der Waals surface area contributed by atoms with Gasteiger partial charge in [0.2, 0.25) is 5.78 Å². The van der Waals surface area contributed by atoms with E-state index in [0.717, 1.165) is 8.45 Å². The fraction of sp³-hybridized carbons (Fsp3) is 0. The molecule has 15 heavy (non-hydrogen) atoms. The zero-order valence-electron chi connectivity index (χ0n) is 7.54. The molecule has 0 fully saturated rings. The van der Waals surface area contributed by atoms with E-state index < -0.39 is 0 Å². The molecule has 76 valence electrons. The molecule has 0 bridgehead atoms. The molecule has 1 aromatic carbocycles. The van der Waals surface area contributed by atoms with E-state index in [-0.39, 0.29) is 5.78 Å². The standard InChI is InChI=1S/C11H6ClIOS/c12-8-3-1-2-7(6-8)10(14)11-9(13)4-5-15-11/h1-6H. The van der Waals surface area contributed by atoms with Crippen LogP contribution in [0.3, 0.4) is 0 Å². The third-order valence-corrected chi connectivity index (χ3v) is 4.32. The van der Waals surface area contributed by atoms with Gasteiger partial charge in [0, 0.05) is 14.2 Å². The number of rotatable bonds is 2. The first kappa shape index (κ1) is 11.1. The summed E-state index contributed by atoms with van der Waals surface area (Å²) >= 11 is 9.46. The number of carbonyl (C=O) groups excluding carboxylic acids is 1. The molecule has 4 heteroatoms. The molecular weight excluding hydrogens is 343 g/mol. The third kappa shape index (κ3) is 2.41. The van der Waals surface area contributed by atoms with Crippen LogP contribution >= 0.6 is 45.5 Å². The lowest BCUT2D eigenvalue weighted by Crippen LogP contribution is -1.99. The molecule has 0 amide bonds. The van der Waals surface area contributed by atoms with Crippen molar-refractivity contribution in [3.8, 4) is 0 Å². The predicted molar refractivity (Wildman–Crippen MR) is 71.9 cm³/mol. The number of thiophene rings is 1. The maximum Gasteiger partial charge on any atom is 0.204 e. The van der Waals surface area contributed by atoms with Gasteiger partial charge in [-0.1, -0.05) is 23.7 Å². The molecule has 0 spiro atoms. The first-order chi connectivity index (χ1) is 7.18. The first-order valence-electron chi connectivity index (χ1n) is 4.22. The summed E-state index contributed by atoms with van der Waals surface area (Å²) in [4.78, 5) is 12.8. The summed E-state index contributed by atoms with van der Waals surface area (Å²) in [5, 5.41) is 2.51. The van der Waals surface area contributed by atoms with Crippen LogP contribution in [0.25, 0.3) is 0 Å².